The molecule has 0 radical (unpaired) electrons. The molecule has 2 heterocycles. The highest BCUT2D eigenvalue weighted by Gasteiger charge is 2.14. The van der Waals surface area contributed by atoms with Crippen molar-refractivity contribution >= 4 is 56.5 Å². The van der Waals surface area contributed by atoms with Crippen LogP contribution in [-0.2, 0) is 11.2 Å². The number of benzene rings is 3. The normalized spacial score (nSPS) is 10.8. The highest BCUT2D eigenvalue weighted by molar-refractivity contribution is 7.18. The van der Waals surface area contributed by atoms with Gasteiger partial charge in [-0.25, -0.2) is 14.8 Å². The maximum atomic E-state index is 12.3. The Hall–Kier alpha value is -4.27. The Kier molecular flexibility index (Phi) is 6.62. The fourth-order valence-corrected chi connectivity index (χ4v) is 5.02. The second kappa shape index (κ2) is 10.2. The van der Waals surface area contributed by atoms with Crippen LogP contribution in [0.5, 0.6) is 0 Å². The average molecular weight is 515 g/mol. The lowest BCUT2D eigenvalue weighted by molar-refractivity contribution is -0.136. The second-order valence-electron chi connectivity index (χ2n) is 7.95. The molecule has 0 saturated carbocycles. The van der Waals surface area contributed by atoms with Crippen LogP contribution < -0.4 is 10.6 Å². The van der Waals surface area contributed by atoms with E-state index < -0.39 is 12.0 Å². The molecule has 178 valence electrons. The average Bonchev–Trinajstić information content (AvgIpc) is 3.30. The fourth-order valence-electron chi connectivity index (χ4n) is 3.80. The van der Waals surface area contributed by atoms with E-state index in [4.69, 9.17) is 16.7 Å². The smallest absolute Gasteiger partial charge is 0.323 e. The number of carbonyl (C=O) groups is 2. The van der Waals surface area contributed by atoms with Crippen LogP contribution in [0.2, 0.25) is 5.02 Å². The van der Waals surface area contributed by atoms with E-state index in [9.17, 15) is 9.59 Å². The van der Waals surface area contributed by atoms with Crippen molar-refractivity contribution in [3.05, 3.63) is 95.1 Å². The van der Waals surface area contributed by atoms with Gasteiger partial charge in [0.05, 0.1) is 33.0 Å². The molecule has 5 aromatic rings. The number of thiophene rings is 1. The number of urea groups is 1. The topological polar surface area (TPSA) is 104 Å². The summed E-state index contributed by atoms with van der Waals surface area (Å²) in [4.78, 5) is 32.3. The standard InChI is InChI=1S/C27H19ClN4O3S/c28-21-3-1-2-4-22(21)32-27(35)31-19-11-9-18(10-12-19)24-26-25(30-15-29-24)20(14-36-26)17-7-5-16(6-8-17)13-23(33)34/h1-12,14-15H,13H2,(H,33,34)(H2,31,32,35). The molecular formula is C27H19ClN4O3S. The first-order chi connectivity index (χ1) is 17.5. The largest absolute Gasteiger partial charge is 0.481 e. The summed E-state index contributed by atoms with van der Waals surface area (Å²) in [6, 6.07) is 21.5. The van der Waals surface area contributed by atoms with Crippen LogP contribution in [0.1, 0.15) is 5.56 Å². The molecule has 0 fully saturated rings. The highest BCUT2D eigenvalue weighted by Crippen LogP contribution is 2.37. The van der Waals surface area contributed by atoms with Gasteiger partial charge in [0.25, 0.3) is 0 Å². The minimum absolute atomic E-state index is 0.0104. The molecule has 3 aromatic carbocycles. The lowest BCUT2D eigenvalue weighted by Crippen LogP contribution is -2.19. The molecule has 0 bridgehead atoms. The van der Waals surface area contributed by atoms with Crippen LogP contribution >= 0.6 is 22.9 Å². The molecule has 0 aliphatic rings. The summed E-state index contributed by atoms with van der Waals surface area (Å²) < 4.78 is 0.944. The molecule has 2 amide bonds. The second-order valence-corrected chi connectivity index (χ2v) is 9.24. The lowest BCUT2D eigenvalue weighted by atomic mass is 10.0. The fraction of sp³-hybridized carbons (Fsp3) is 0.0370. The zero-order valence-corrected chi connectivity index (χ0v) is 20.3. The van der Waals surface area contributed by atoms with Crippen molar-refractivity contribution in [2.45, 2.75) is 6.42 Å². The van der Waals surface area contributed by atoms with E-state index in [1.165, 1.54) is 6.33 Å². The summed E-state index contributed by atoms with van der Waals surface area (Å²) in [6.45, 7) is 0. The zero-order chi connectivity index (χ0) is 25.1. The number of anilines is 2. The number of aliphatic carboxylic acids is 1. The van der Waals surface area contributed by atoms with Gasteiger partial charge in [-0.2, -0.15) is 0 Å². The number of fused-ring (bicyclic) bond motifs is 1. The highest BCUT2D eigenvalue weighted by atomic mass is 35.5. The molecule has 7 nitrogen and oxygen atoms in total. The molecule has 9 heteroatoms. The van der Waals surface area contributed by atoms with Gasteiger partial charge in [0, 0.05) is 22.2 Å². The van der Waals surface area contributed by atoms with Crippen LogP contribution in [-0.4, -0.2) is 27.1 Å². The number of halogens is 1. The third-order valence-corrected chi connectivity index (χ3v) is 6.82. The van der Waals surface area contributed by atoms with Crippen molar-refractivity contribution in [1.82, 2.24) is 9.97 Å². The number of amides is 2. The van der Waals surface area contributed by atoms with Gasteiger partial charge in [-0.1, -0.05) is 60.1 Å². The summed E-state index contributed by atoms with van der Waals surface area (Å²) in [5, 5.41) is 17.0. The Morgan fingerprint density at radius 2 is 1.61 bits per heavy atom. The van der Waals surface area contributed by atoms with Crippen LogP contribution in [0.15, 0.2) is 84.5 Å². The number of nitrogens with one attached hydrogen (secondary N) is 2. The van der Waals surface area contributed by atoms with Crippen LogP contribution in [0.3, 0.4) is 0 Å². The van der Waals surface area contributed by atoms with E-state index >= 15 is 0 Å². The number of nitrogens with zero attached hydrogens (tertiary/aromatic N) is 2. The number of carbonyl (C=O) groups excluding carboxylic acids is 1. The Morgan fingerprint density at radius 1 is 0.889 bits per heavy atom. The number of para-hydroxylation sites is 1. The predicted octanol–water partition coefficient (Wildman–Crippen LogP) is 6.95. The van der Waals surface area contributed by atoms with Crippen molar-refractivity contribution in [2.75, 3.05) is 10.6 Å². The Morgan fingerprint density at radius 3 is 2.33 bits per heavy atom. The summed E-state index contributed by atoms with van der Waals surface area (Å²) in [7, 11) is 0. The molecule has 0 saturated heterocycles. The molecule has 0 aliphatic heterocycles. The van der Waals surface area contributed by atoms with Gasteiger partial charge in [0.1, 0.15) is 6.33 Å². The van der Waals surface area contributed by atoms with E-state index in [1.54, 1.807) is 35.6 Å². The first-order valence-corrected chi connectivity index (χ1v) is 12.2. The number of hydrogen-bond acceptors (Lipinski definition) is 5. The number of carboxylic acid groups (broad SMARTS) is 1. The van der Waals surface area contributed by atoms with Gasteiger partial charge in [-0.05, 0) is 35.4 Å². The van der Waals surface area contributed by atoms with Crippen molar-refractivity contribution in [3.8, 4) is 22.4 Å². The van der Waals surface area contributed by atoms with E-state index in [1.807, 2.05) is 53.9 Å². The number of aromatic nitrogens is 2. The summed E-state index contributed by atoms with van der Waals surface area (Å²) in [5.41, 5.74) is 6.35. The van der Waals surface area contributed by atoms with Crippen LogP contribution in [0, 0.1) is 0 Å². The molecule has 0 atom stereocenters. The quantitative estimate of drug-likeness (QED) is 0.227. The van der Waals surface area contributed by atoms with Gasteiger partial charge >= 0.3 is 12.0 Å². The minimum Gasteiger partial charge on any atom is -0.481 e. The Bertz CT molecular complexity index is 1570. The third-order valence-electron chi connectivity index (χ3n) is 5.51. The van der Waals surface area contributed by atoms with Crippen molar-refractivity contribution in [3.63, 3.8) is 0 Å². The molecule has 36 heavy (non-hydrogen) atoms. The van der Waals surface area contributed by atoms with E-state index in [-0.39, 0.29) is 6.42 Å². The number of hydrogen-bond donors (Lipinski definition) is 3. The Labute approximate surface area is 215 Å². The first-order valence-electron chi connectivity index (χ1n) is 10.9. The summed E-state index contributed by atoms with van der Waals surface area (Å²) in [5.74, 6) is -0.858. The molecule has 2 aromatic heterocycles. The lowest BCUT2D eigenvalue weighted by Gasteiger charge is -2.09. The van der Waals surface area contributed by atoms with E-state index in [0.29, 0.717) is 16.4 Å². The van der Waals surface area contributed by atoms with Crippen molar-refractivity contribution in [2.24, 2.45) is 0 Å². The molecular weight excluding hydrogens is 496 g/mol. The van der Waals surface area contributed by atoms with E-state index in [0.717, 1.165) is 38.2 Å². The number of rotatable bonds is 6. The first kappa shape index (κ1) is 23.5. The van der Waals surface area contributed by atoms with Gasteiger partial charge in [-0.15, -0.1) is 11.3 Å². The monoisotopic (exact) mass is 514 g/mol. The maximum Gasteiger partial charge on any atom is 0.323 e. The molecule has 0 aliphatic carbocycles. The van der Waals surface area contributed by atoms with Gasteiger partial charge in [-0.3, -0.25) is 4.79 Å². The summed E-state index contributed by atoms with van der Waals surface area (Å²) >= 11 is 7.65. The summed E-state index contributed by atoms with van der Waals surface area (Å²) in [6.07, 6.45) is 1.53. The predicted molar refractivity (Wildman–Crippen MR) is 144 cm³/mol. The van der Waals surface area contributed by atoms with Gasteiger partial charge in [0.2, 0.25) is 0 Å². The van der Waals surface area contributed by atoms with E-state index in [2.05, 4.69) is 20.6 Å². The molecule has 0 unspecified atom stereocenters. The molecule has 5 rings (SSSR count). The third kappa shape index (κ3) is 5.05. The van der Waals surface area contributed by atoms with Crippen molar-refractivity contribution in [1.29, 1.82) is 0 Å². The SMILES string of the molecule is O=C(O)Cc1ccc(-c2csc3c(-c4ccc(NC(=O)Nc5ccccc5Cl)cc4)ncnc23)cc1. The maximum absolute atomic E-state index is 12.3. The molecule has 0 spiro atoms. The van der Waals surface area contributed by atoms with Gasteiger partial charge < -0.3 is 15.7 Å². The number of carboxylic acids is 1. The Balaban J connectivity index is 1.35. The zero-order valence-electron chi connectivity index (χ0n) is 18.7. The molecule has 3 N–H and O–H groups in total. The van der Waals surface area contributed by atoms with Crippen LogP contribution in [0.4, 0.5) is 16.2 Å². The van der Waals surface area contributed by atoms with Crippen molar-refractivity contribution < 1.29 is 14.7 Å². The van der Waals surface area contributed by atoms with Gasteiger partial charge in [0.15, 0.2) is 0 Å². The minimum atomic E-state index is -0.858. The van der Waals surface area contributed by atoms with Crippen LogP contribution in [0.25, 0.3) is 32.6 Å².